The van der Waals surface area contributed by atoms with Gasteiger partial charge in [-0.1, -0.05) is 6.07 Å². The number of nitrogens with one attached hydrogen (secondary N) is 1. The van der Waals surface area contributed by atoms with Crippen molar-refractivity contribution in [1.29, 1.82) is 0 Å². The van der Waals surface area contributed by atoms with Crippen LogP contribution in [0.2, 0.25) is 0 Å². The normalized spacial score (nSPS) is 11.9. The number of nitrogens with zero attached hydrogens (tertiary/aromatic N) is 4. The van der Waals surface area contributed by atoms with Crippen molar-refractivity contribution < 1.29 is 9.53 Å². The first kappa shape index (κ1) is 17.1. The van der Waals surface area contributed by atoms with Crippen LogP contribution in [0.25, 0.3) is 5.69 Å². The van der Waals surface area contributed by atoms with Crippen LogP contribution in [0.3, 0.4) is 0 Å². The van der Waals surface area contributed by atoms with Crippen LogP contribution >= 0.6 is 11.3 Å². The maximum Gasteiger partial charge on any atom is 0.260 e. The molecule has 0 aliphatic carbocycles. The Balaban J connectivity index is 1.43. The van der Waals surface area contributed by atoms with Gasteiger partial charge in [-0.25, -0.2) is 4.68 Å². The average Bonchev–Trinajstić information content (AvgIpc) is 3.33. The van der Waals surface area contributed by atoms with E-state index in [0.29, 0.717) is 12.3 Å². The maximum absolute atomic E-state index is 12.1. The van der Waals surface area contributed by atoms with Gasteiger partial charge in [0.2, 0.25) is 0 Å². The third kappa shape index (κ3) is 4.87. The smallest absolute Gasteiger partial charge is 0.260 e. The Morgan fingerprint density at radius 3 is 2.84 bits per heavy atom. The molecule has 0 saturated heterocycles. The molecule has 0 aliphatic heterocycles. The number of ether oxygens (including phenoxy) is 1. The van der Waals surface area contributed by atoms with Gasteiger partial charge in [-0.3, -0.25) is 4.79 Å². The van der Waals surface area contributed by atoms with Gasteiger partial charge in [0.15, 0.2) is 6.10 Å². The highest BCUT2D eigenvalue weighted by atomic mass is 32.1. The van der Waals surface area contributed by atoms with Crippen LogP contribution in [0.4, 0.5) is 0 Å². The van der Waals surface area contributed by atoms with Crippen LogP contribution in [0.5, 0.6) is 5.75 Å². The minimum atomic E-state index is -0.555. The molecule has 1 atom stereocenters. The van der Waals surface area contributed by atoms with E-state index >= 15 is 0 Å². The molecule has 7 nitrogen and oxygen atoms in total. The molecular formula is C17H19N5O2S. The van der Waals surface area contributed by atoms with Crippen LogP contribution in [0.15, 0.2) is 48.1 Å². The minimum absolute atomic E-state index is 0.115. The summed E-state index contributed by atoms with van der Waals surface area (Å²) in [6, 6.07) is 11.4. The predicted molar refractivity (Wildman–Crippen MR) is 94.9 cm³/mol. The van der Waals surface area contributed by atoms with Crippen molar-refractivity contribution in [2.45, 2.75) is 25.9 Å². The molecule has 0 fully saturated rings. The molecular weight excluding hydrogens is 338 g/mol. The zero-order valence-corrected chi connectivity index (χ0v) is 14.6. The zero-order valence-electron chi connectivity index (χ0n) is 13.8. The van der Waals surface area contributed by atoms with Gasteiger partial charge in [-0.2, -0.15) is 0 Å². The van der Waals surface area contributed by atoms with Gasteiger partial charge in [0.1, 0.15) is 12.1 Å². The molecule has 0 aliphatic rings. The Labute approximate surface area is 149 Å². The molecule has 0 spiro atoms. The van der Waals surface area contributed by atoms with E-state index < -0.39 is 6.10 Å². The van der Waals surface area contributed by atoms with Crippen molar-refractivity contribution in [2.75, 3.05) is 6.54 Å². The van der Waals surface area contributed by atoms with E-state index in [4.69, 9.17) is 4.74 Å². The van der Waals surface area contributed by atoms with Gasteiger partial charge in [0.25, 0.3) is 5.91 Å². The molecule has 3 aromatic rings. The molecule has 2 heterocycles. The van der Waals surface area contributed by atoms with Gasteiger partial charge < -0.3 is 10.1 Å². The van der Waals surface area contributed by atoms with Gasteiger partial charge >= 0.3 is 0 Å². The van der Waals surface area contributed by atoms with Crippen molar-refractivity contribution in [3.05, 3.63) is 53.0 Å². The summed E-state index contributed by atoms with van der Waals surface area (Å²) >= 11 is 1.74. The van der Waals surface area contributed by atoms with Gasteiger partial charge in [-0.15, -0.1) is 16.4 Å². The van der Waals surface area contributed by atoms with Crippen molar-refractivity contribution in [1.82, 2.24) is 25.5 Å². The van der Waals surface area contributed by atoms with E-state index in [1.807, 2.05) is 18.2 Å². The zero-order chi connectivity index (χ0) is 17.5. The monoisotopic (exact) mass is 357 g/mol. The van der Waals surface area contributed by atoms with E-state index in [0.717, 1.165) is 18.5 Å². The summed E-state index contributed by atoms with van der Waals surface area (Å²) in [6.07, 6.45) is 2.86. The molecule has 8 heteroatoms. The Kier molecular flexibility index (Phi) is 5.73. The summed E-state index contributed by atoms with van der Waals surface area (Å²) < 4.78 is 7.23. The molecule has 1 aromatic carbocycles. The Bertz CT molecular complexity index is 772. The highest BCUT2D eigenvalue weighted by molar-refractivity contribution is 7.09. The molecule has 0 saturated carbocycles. The highest BCUT2D eigenvalue weighted by Crippen LogP contribution is 2.16. The number of carbonyl (C=O) groups excluding carboxylic acids is 1. The summed E-state index contributed by atoms with van der Waals surface area (Å²) in [7, 11) is 0. The molecule has 0 bridgehead atoms. The van der Waals surface area contributed by atoms with E-state index in [1.54, 1.807) is 35.1 Å². The number of aromatic nitrogens is 4. The number of hydrogen-bond acceptors (Lipinski definition) is 6. The van der Waals surface area contributed by atoms with E-state index in [9.17, 15) is 4.79 Å². The lowest BCUT2D eigenvalue weighted by atomic mass is 10.2. The Morgan fingerprint density at radius 1 is 1.32 bits per heavy atom. The standard InChI is InChI=1S/C17H19N5O2S/c1-13(17(23)18-10-2-4-16-5-3-11-25-16)24-15-8-6-14(7-9-15)22-12-19-20-21-22/h3,5-9,11-13H,2,4,10H2,1H3,(H,18,23). The molecule has 3 rings (SSSR count). The lowest BCUT2D eigenvalue weighted by Crippen LogP contribution is -2.36. The van der Waals surface area contributed by atoms with Gasteiger partial charge in [0, 0.05) is 11.4 Å². The SMILES string of the molecule is CC(Oc1ccc(-n2cnnn2)cc1)C(=O)NCCCc1cccs1. The third-order valence-electron chi connectivity index (χ3n) is 3.61. The van der Waals surface area contributed by atoms with Gasteiger partial charge in [0.05, 0.1) is 5.69 Å². The number of thiophene rings is 1. The fraction of sp³-hybridized carbons (Fsp3) is 0.294. The Morgan fingerprint density at radius 2 is 2.16 bits per heavy atom. The molecule has 25 heavy (non-hydrogen) atoms. The first-order chi connectivity index (χ1) is 12.2. The number of amides is 1. The summed E-state index contributed by atoms with van der Waals surface area (Å²) in [5.74, 6) is 0.508. The first-order valence-corrected chi connectivity index (χ1v) is 8.90. The molecule has 130 valence electrons. The third-order valence-corrected chi connectivity index (χ3v) is 4.55. The van der Waals surface area contributed by atoms with Gasteiger partial charge in [-0.05, 0) is 65.9 Å². The first-order valence-electron chi connectivity index (χ1n) is 8.02. The lowest BCUT2D eigenvalue weighted by Gasteiger charge is -2.15. The number of rotatable bonds is 8. The summed E-state index contributed by atoms with van der Waals surface area (Å²) in [4.78, 5) is 13.4. The van der Waals surface area contributed by atoms with Crippen LogP contribution in [0.1, 0.15) is 18.2 Å². The number of tetrazole rings is 1. The largest absolute Gasteiger partial charge is 0.481 e. The second kappa shape index (κ2) is 8.39. The van der Waals surface area contributed by atoms with E-state index in [1.165, 1.54) is 11.2 Å². The van der Waals surface area contributed by atoms with Crippen LogP contribution in [0, 0.1) is 0 Å². The molecule has 1 amide bonds. The van der Waals surface area contributed by atoms with Crippen LogP contribution in [-0.4, -0.2) is 38.8 Å². The molecule has 1 N–H and O–H groups in total. The average molecular weight is 357 g/mol. The van der Waals surface area contributed by atoms with Crippen LogP contribution < -0.4 is 10.1 Å². The summed E-state index contributed by atoms with van der Waals surface area (Å²) in [5, 5.41) is 16.0. The fourth-order valence-corrected chi connectivity index (χ4v) is 3.04. The topological polar surface area (TPSA) is 81.9 Å². The quantitative estimate of drug-likeness (QED) is 0.625. The minimum Gasteiger partial charge on any atom is -0.481 e. The molecule has 1 unspecified atom stereocenters. The number of aryl methyl sites for hydroxylation is 1. The van der Waals surface area contributed by atoms with E-state index in [-0.39, 0.29) is 5.91 Å². The van der Waals surface area contributed by atoms with Crippen molar-refractivity contribution in [3.63, 3.8) is 0 Å². The second-order valence-electron chi connectivity index (χ2n) is 5.48. The maximum atomic E-state index is 12.1. The van der Waals surface area contributed by atoms with Crippen molar-refractivity contribution in [3.8, 4) is 11.4 Å². The summed E-state index contributed by atoms with van der Waals surface area (Å²) in [6.45, 7) is 2.38. The predicted octanol–water partition coefficient (Wildman–Crippen LogP) is 2.24. The summed E-state index contributed by atoms with van der Waals surface area (Å²) in [5.41, 5.74) is 0.822. The lowest BCUT2D eigenvalue weighted by molar-refractivity contribution is -0.127. The number of hydrogen-bond donors (Lipinski definition) is 1. The molecule has 2 aromatic heterocycles. The molecule has 0 radical (unpaired) electrons. The fourth-order valence-electron chi connectivity index (χ4n) is 2.29. The Hall–Kier alpha value is -2.74. The van der Waals surface area contributed by atoms with Crippen molar-refractivity contribution in [2.24, 2.45) is 0 Å². The number of carbonyl (C=O) groups is 1. The van der Waals surface area contributed by atoms with E-state index in [2.05, 4.69) is 32.3 Å². The van der Waals surface area contributed by atoms with Crippen molar-refractivity contribution >= 4 is 17.2 Å². The second-order valence-corrected chi connectivity index (χ2v) is 6.51. The number of benzene rings is 1. The van der Waals surface area contributed by atoms with Crippen LogP contribution in [-0.2, 0) is 11.2 Å². The highest BCUT2D eigenvalue weighted by Gasteiger charge is 2.14.